The van der Waals surface area contributed by atoms with Crippen LogP contribution in [0.2, 0.25) is 0 Å². The molecule has 34 heavy (non-hydrogen) atoms. The Bertz CT molecular complexity index is 902. The summed E-state index contributed by atoms with van der Waals surface area (Å²) in [6, 6.07) is 9.69. The van der Waals surface area contributed by atoms with E-state index in [2.05, 4.69) is 86.3 Å². The molecular weight excluding hydrogens is 454 g/mol. The highest BCUT2D eigenvalue weighted by Crippen LogP contribution is 2.60. The van der Waals surface area contributed by atoms with Gasteiger partial charge in [0.2, 0.25) is 0 Å². The van der Waals surface area contributed by atoms with Crippen molar-refractivity contribution in [3.05, 3.63) is 46.5 Å². The maximum atomic E-state index is 5.73. The van der Waals surface area contributed by atoms with E-state index < -0.39 is 7.92 Å². The predicted molar refractivity (Wildman–Crippen MR) is 154 cm³/mol. The largest absolute Gasteiger partial charge is 0.496 e. The monoisotopic (exact) mass is 500 g/mol. The predicted octanol–water partition coefficient (Wildman–Crippen LogP) is 7.84. The quantitative estimate of drug-likeness (QED) is 0.361. The molecule has 0 N–H and O–H groups in total. The molecular formula is C30H46O2P2. The highest BCUT2D eigenvalue weighted by atomic mass is 31.1. The van der Waals surface area contributed by atoms with Crippen LogP contribution in [0, 0.1) is 33.6 Å². The molecule has 0 saturated heterocycles. The lowest BCUT2D eigenvalue weighted by atomic mass is 10.0. The number of methoxy groups -OCH3 is 2. The van der Waals surface area contributed by atoms with Gasteiger partial charge in [0.15, 0.2) is 0 Å². The number of hydrogen-bond donors (Lipinski definition) is 0. The summed E-state index contributed by atoms with van der Waals surface area (Å²) in [6.07, 6.45) is 4.06. The Morgan fingerprint density at radius 2 is 1.21 bits per heavy atom. The Hall–Kier alpha value is -1.10. The Morgan fingerprint density at radius 1 is 0.794 bits per heavy atom. The van der Waals surface area contributed by atoms with E-state index in [1.165, 1.54) is 52.1 Å². The summed E-state index contributed by atoms with van der Waals surface area (Å²) in [6.45, 7) is 21.2. The molecule has 2 aromatic carbocycles. The first kappa shape index (κ1) is 27.5. The van der Waals surface area contributed by atoms with Crippen molar-refractivity contribution in [2.24, 2.45) is 5.92 Å². The summed E-state index contributed by atoms with van der Waals surface area (Å²) >= 11 is 0. The molecule has 0 radical (unpaired) electrons. The second kappa shape index (κ2) is 10.9. The smallest absolute Gasteiger partial charge is 0.124 e. The van der Waals surface area contributed by atoms with Gasteiger partial charge in [-0.1, -0.05) is 34.1 Å². The summed E-state index contributed by atoms with van der Waals surface area (Å²) in [5.74, 6) is 2.84. The van der Waals surface area contributed by atoms with Crippen LogP contribution in [0.5, 0.6) is 11.5 Å². The number of benzene rings is 2. The van der Waals surface area contributed by atoms with Crippen LogP contribution in [0.1, 0.15) is 69.2 Å². The number of ether oxygens (including phenoxy) is 2. The Labute approximate surface area is 211 Å². The molecule has 1 aliphatic carbocycles. The van der Waals surface area contributed by atoms with Crippen LogP contribution in [-0.2, 0) is 0 Å². The topological polar surface area (TPSA) is 18.5 Å². The molecule has 3 unspecified atom stereocenters. The van der Waals surface area contributed by atoms with Crippen molar-refractivity contribution in [1.82, 2.24) is 0 Å². The van der Waals surface area contributed by atoms with Crippen LogP contribution in [0.15, 0.2) is 24.3 Å². The third-order valence-corrected chi connectivity index (χ3v) is 14.7. The maximum absolute atomic E-state index is 5.73. The molecule has 0 aliphatic heterocycles. The summed E-state index contributed by atoms with van der Waals surface area (Å²) in [5, 5.41) is 3.41. The zero-order valence-corrected chi connectivity index (χ0v) is 25.2. The van der Waals surface area contributed by atoms with Crippen molar-refractivity contribution in [1.29, 1.82) is 0 Å². The summed E-state index contributed by atoms with van der Waals surface area (Å²) in [5.41, 5.74) is 6.50. The van der Waals surface area contributed by atoms with E-state index in [1.807, 2.05) is 0 Å². The third-order valence-electron chi connectivity index (χ3n) is 8.01. The van der Waals surface area contributed by atoms with Crippen LogP contribution >= 0.6 is 15.8 Å². The Morgan fingerprint density at radius 3 is 1.56 bits per heavy atom. The van der Waals surface area contributed by atoms with Gasteiger partial charge in [0.05, 0.1) is 14.2 Å². The summed E-state index contributed by atoms with van der Waals surface area (Å²) < 4.78 is 11.5. The Balaban J connectivity index is 2.16. The molecule has 0 bridgehead atoms. The van der Waals surface area contributed by atoms with E-state index in [0.29, 0.717) is 5.16 Å². The van der Waals surface area contributed by atoms with Crippen LogP contribution in [-0.4, -0.2) is 37.4 Å². The number of rotatable bonds is 7. The second-order valence-corrected chi connectivity index (χ2v) is 17.1. The molecule has 1 aliphatic rings. The average Bonchev–Trinajstić information content (AvgIpc) is 3.21. The minimum atomic E-state index is -0.485. The summed E-state index contributed by atoms with van der Waals surface area (Å²) in [4.78, 5) is 0. The molecule has 3 rings (SSSR count). The first-order chi connectivity index (χ1) is 15.9. The van der Waals surface area contributed by atoms with Crippen molar-refractivity contribution in [2.45, 2.75) is 91.1 Å². The normalized spacial score (nSPS) is 20.5. The van der Waals surface area contributed by atoms with Crippen LogP contribution in [0.25, 0.3) is 0 Å². The van der Waals surface area contributed by atoms with E-state index in [9.17, 15) is 0 Å². The van der Waals surface area contributed by atoms with E-state index in [1.54, 1.807) is 14.2 Å². The lowest BCUT2D eigenvalue weighted by molar-refractivity contribution is 0.408. The van der Waals surface area contributed by atoms with E-state index in [-0.39, 0.29) is 7.92 Å². The molecule has 0 spiro atoms. The minimum absolute atomic E-state index is 0.0532. The lowest BCUT2D eigenvalue weighted by Crippen LogP contribution is -2.32. The molecule has 0 amide bonds. The van der Waals surface area contributed by atoms with Gasteiger partial charge in [-0.2, -0.15) is 0 Å². The minimum Gasteiger partial charge on any atom is -0.496 e. The van der Waals surface area contributed by atoms with Gasteiger partial charge < -0.3 is 9.47 Å². The average molecular weight is 501 g/mol. The molecule has 4 heteroatoms. The van der Waals surface area contributed by atoms with E-state index in [0.717, 1.165) is 28.7 Å². The zero-order chi connectivity index (χ0) is 25.4. The van der Waals surface area contributed by atoms with Gasteiger partial charge in [-0.05, 0) is 135 Å². The van der Waals surface area contributed by atoms with Gasteiger partial charge in [-0.25, -0.2) is 0 Å². The molecule has 0 heterocycles. The van der Waals surface area contributed by atoms with Crippen molar-refractivity contribution < 1.29 is 9.47 Å². The SMILES string of the molecule is COc1c(C)cc(P(c2cc(C)c(OC)c(C)c2)C2CCCC2[C@@H](C)P(C)C(C)(C)C)cc1C. The number of aryl methyl sites for hydroxylation is 4. The highest BCUT2D eigenvalue weighted by Gasteiger charge is 2.41. The van der Waals surface area contributed by atoms with Gasteiger partial charge in [-0.15, -0.1) is 7.92 Å². The van der Waals surface area contributed by atoms with Crippen LogP contribution in [0.4, 0.5) is 0 Å². The molecule has 1 fully saturated rings. The fraction of sp³-hybridized carbons (Fsp3) is 0.600. The van der Waals surface area contributed by atoms with E-state index >= 15 is 0 Å². The van der Waals surface area contributed by atoms with Crippen molar-refractivity contribution in [3.8, 4) is 11.5 Å². The van der Waals surface area contributed by atoms with Gasteiger partial charge >= 0.3 is 0 Å². The fourth-order valence-electron chi connectivity index (χ4n) is 6.06. The molecule has 2 aromatic rings. The van der Waals surface area contributed by atoms with Crippen LogP contribution in [0.3, 0.4) is 0 Å². The summed E-state index contributed by atoms with van der Waals surface area (Å²) in [7, 11) is 3.04. The first-order valence-corrected chi connectivity index (χ1v) is 16.0. The first-order valence-electron chi connectivity index (χ1n) is 12.7. The van der Waals surface area contributed by atoms with Gasteiger partial charge in [0, 0.05) is 0 Å². The van der Waals surface area contributed by atoms with Gasteiger partial charge in [-0.3, -0.25) is 0 Å². The van der Waals surface area contributed by atoms with Crippen LogP contribution < -0.4 is 20.1 Å². The molecule has 2 nitrogen and oxygen atoms in total. The Kier molecular flexibility index (Phi) is 8.80. The zero-order valence-electron chi connectivity index (χ0n) is 23.4. The molecule has 188 valence electrons. The maximum Gasteiger partial charge on any atom is 0.124 e. The highest BCUT2D eigenvalue weighted by molar-refractivity contribution is 7.73. The van der Waals surface area contributed by atoms with Gasteiger partial charge in [0.1, 0.15) is 11.5 Å². The molecule has 0 aromatic heterocycles. The third kappa shape index (κ3) is 5.50. The second-order valence-electron chi connectivity index (χ2n) is 11.3. The van der Waals surface area contributed by atoms with E-state index in [4.69, 9.17) is 9.47 Å². The van der Waals surface area contributed by atoms with Crippen molar-refractivity contribution in [2.75, 3.05) is 20.9 Å². The lowest BCUT2D eigenvalue weighted by Gasteiger charge is -2.41. The van der Waals surface area contributed by atoms with Crippen molar-refractivity contribution >= 4 is 26.5 Å². The van der Waals surface area contributed by atoms with Gasteiger partial charge in [0.25, 0.3) is 0 Å². The van der Waals surface area contributed by atoms with Crippen molar-refractivity contribution in [3.63, 3.8) is 0 Å². The molecule has 1 saturated carbocycles. The molecule has 4 atom stereocenters. The number of hydrogen-bond acceptors (Lipinski definition) is 2. The standard InChI is InChI=1S/C30H46O2P2/c1-19-15-24(16-20(2)28(19)31-9)34(25-17-21(3)29(32-10)22(4)18-25)27-14-12-13-26(27)23(5)33(11)30(6,7)8/h15-18,23,26-27H,12-14H2,1-11H3/t23-,26?,27?,33?/m1/s1. The fourth-order valence-corrected chi connectivity index (χ4v) is 12.0.